The summed E-state index contributed by atoms with van der Waals surface area (Å²) in [5, 5.41) is 0. The third kappa shape index (κ3) is 3.95. The van der Waals surface area contributed by atoms with E-state index in [2.05, 4.69) is 9.80 Å². The van der Waals surface area contributed by atoms with Crippen LogP contribution >= 0.6 is 0 Å². The van der Waals surface area contributed by atoms with Gasteiger partial charge in [0.1, 0.15) is 0 Å². The average Bonchev–Trinajstić information content (AvgIpc) is 2.90. The van der Waals surface area contributed by atoms with Gasteiger partial charge in [0.05, 0.1) is 0 Å². The molecule has 2 aliphatic heterocycles. The predicted octanol–water partition coefficient (Wildman–Crippen LogP) is 1.06. The number of amides is 1. The molecule has 0 saturated carbocycles. The Balaban J connectivity index is 1.70. The van der Waals surface area contributed by atoms with Crippen LogP contribution in [0.2, 0.25) is 0 Å². The summed E-state index contributed by atoms with van der Waals surface area (Å²) in [4.78, 5) is 16.7. The minimum Gasteiger partial charge on any atom is -0.342 e. The van der Waals surface area contributed by atoms with E-state index in [9.17, 15) is 4.79 Å². The maximum absolute atomic E-state index is 12.2. The van der Waals surface area contributed by atoms with Gasteiger partial charge in [0.25, 0.3) is 0 Å². The lowest BCUT2D eigenvalue weighted by molar-refractivity contribution is -0.133. The van der Waals surface area contributed by atoms with Crippen molar-refractivity contribution in [3.05, 3.63) is 0 Å². The van der Waals surface area contributed by atoms with Crippen LogP contribution in [0.4, 0.5) is 0 Å². The maximum Gasteiger partial charge on any atom is 0.223 e. The van der Waals surface area contributed by atoms with E-state index in [4.69, 9.17) is 5.73 Å². The molecule has 0 bridgehead atoms. The van der Waals surface area contributed by atoms with E-state index in [1.807, 2.05) is 0 Å². The zero-order valence-corrected chi connectivity index (χ0v) is 11.4. The molecular weight excluding hydrogens is 226 g/mol. The second kappa shape index (κ2) is 7.10. The summed E-state index contributed by atoms with van der Waals surface area (Å²) in [6.07, 6.45) is 6.77. The molecule has 1 unspecified atom stereocenters. The molecule has 18 heavy (non-hydrogen) atoms. The Morgan fingerprint density at radius 3 is 2.67 bits per heavy atom. The highest BCUT2D eigenvalue weighted by Crippen LogP contribution is 2.19. The molecule has 0 spiro atoms. The van der Waals surface area contributed by atoms with Crippen LogP contribution in [0, 0.1) is 5.92 Å². The first-order valence-electron chi connectivity index (χ1n) is 7.50. The van der Waals surface area contributed by atoms with Crippen molar-refractivity contribution in [2.24, 2.45) is 11.7 Å². The van der Waals surface area contributed by atoms with E-state index in [0.29, 0.717) is 18.2 Å². The molecule has 1 atom stereocenters. The zero-order valence-electron chi connectivity index (χ0n) is 11.4. The quantitative estimate of drug-likeness (QED) is 0.797. The average molecular weight is 253 g/mol. The highest BCUT2D eigenvalue weighted by atomic mass is 16.2. The maximum atomic E-state index is 12.2. The number of hydrogen-bond acceptors (Lipinski definition) is 3. The Morgan fingerprint density at radius 2 is 1.94 bits per heavy atom. The predicted molar refractivity (Wildman–Crippen MR) is 73.3 cm³/mol. The molecule has 104 valence electrons. The van der Waals surface area contributed by atoms with Gasteiger partial charge >= 0.3 is 0 Å². The van der Waals surface area contributed by atoms with E-state index >= 15 is 0 Å². The topological polar surface area (TPSA) is 49.6 Å². The van der Waals surface area contributed by atoms with Crippen LogP contribution in [-0.2, 0) is 4.79 Å². The van der Waals surface area contributed by atoms with Gasteiger partial charge in [0.2, 0.25) is 5.91 Å². The third-order valence-electron chi connectivity index (χ3n) is 4.29. The highest BCUT2D eigenvalue weighted by molar-refractivity contribution is 5.76. The number of rotatable bonds is 5. The standard InChI is InChI=1S/C14H27N3O/c15-7-5-13-4-3-10-17(12-13)14(18)6-11-16-8-1-2-9-16/h13H,1-12,15H2. The largest absolute Gasteiger partial charge is 0.342 e. The lowest BCUT2D eigenvalue weighted by Crippen LogP contribution is -2.41. The summed E-state index contributed by atoms with van der Waals surface area (Å²) in [7, 11) is 0. The second-order valence-electron chi connectivity index (χ2n) is 5.72. The van der Waals surface area contributed by atoms with Gasteiger partial charge < -0.3 is 15.5 Å². The van der Waals surface area contributed by atoms with Crippen LogP contribution in [0.1, 0.15) is 38.5 Å². The van der Waals surface area contributed by atoms with E-state index in [1.54, 1.807) is 0 Å². The van der Waals surface area contributed by atoms with Gasteiger partial charge in [-0.15, -0.1) is 0 Å². The highest BCUT2D eigenvalue weighted by Gasteiger charge is 2.23. The van der Waals surface area contributed by atoms with Gasteiger partial charge in [-0.1, -0.05) is 0 Å². The summed E-state index contributed by atoms with van der Waals surface area (Å²) < 4.78 is 0. The van der Waals surface area contributed by atoms with E-state index < -0.39 is 0 Å². The van der Waals surface area contributed by atoms with Gasteiger partial charge in [-0.05, 0) is 57.7 Å². The molecule has 2 fully saturated rings. The number of hydrogen-bond donors (Lipinski definition) is 1. The molecule has 4 nitrogen and oxygen atoms in total. The number of piperidine rings is 1. The number of carbonyl (C=O) groups is 1. The monoisotopic (exact) mass is 253 g/mol. The second-order valence-corrected chi connectivity index (χ2v) is 5.72. The molecule has 0 aromatic rings. The molecule has 2 saturated heterocycles. The number of nitrogens with zero attached hydrogens (tertiary/aromatic N) is 2. The lowest BCUT2D eigenvalue weighted by Gasteiger charge is -2.33. The van der Waals surface area contributed by atoms with Crippen molar-refractivity contribution in [1.82, 2.24) is 9.80 Å². The summed E-state index contributed by atoms with van der Waals surface area (Å²) in [5.41, 5.74) is 5.61. The van der Waals surface area contributed by atoms with Crippen molar-refractivity contribution >= 4 is 5.91 Å². The van der Waals surface area contributed by atoms with E-state index in [1.165, 1.54) is 32.4 Å². The van der Waals surface area contributed by atoms with Crippen molar-refractivity contribution in [2.45, 2.75) is 38.5 Å². The lowest BCUT2D eigenvalue weighted by atomic mass is 9.94. The van der Waals surface area contributed by atoms with Gasteiger partial charge in [-0.25, -0.2) is 0 Å². The molecule has 2 aliphatic rings. The van der Waals surface area contributed by atoms with Crippen LogP contribution in [0.5, 0.6) is 0 Å². The number of nitrogens with two attached hydrogens (primary N) is 1. The van der Waals surface area contributed by atoms with Crippen molar-refractivity contribution in [3.8, 4) is 0 Å². The van der Waals surface area contributed by atoms with Crippen molar-refractivity contribution in [2.75, 3.05) is 39.3 Å². The van der Waals surface area contributed by atoms with E-state index in [-0.39, 0.29) is 0 Å². The molecule has 0 aromatic carbocycles. The molecule has 2 heterocycles. The Hall–Kier alpha value is -0.610. The molecule has 0 aliphatic carbocycles. The summed E-state index contributed by atoms with van der Waals surface area (Å²) in [6.45, 7) is 5.97. The number of likely N-dealkylation sites (tertiary alicyclic amines) is 2. The third-order valence-corrected chi connectivity index (χ3v) is 4.29. The zero-order chi connectivity index (χ0) is 12.8. The van der Waals surface area contributed by atoms with E-state index in [0.717, 1.165) is 39.0 Å². The minimum atomic E-state index is 0.351. The smallest absolute Gasteiger partial charge is 0.223 e. The molecule has 4 heteroatoms. The van der Waals surface area contributed by atoms with Crippen molar-refractivity contribution < 1.29 is 4.79 Å². The molecule has 2 rings (SSSR count). The summed E-state index contributed by atoms with van der Waals surface area (Å²) in [5.74, 6) is 0.989. The Morgan fingerprint density at radius 1 is 1.17 bits per heavy atom. The van der Waals surface area contributed by atoms with Crippen LogP contribution in [0.25, 0.3) is 0 Å². The Bertz CT molecular complexity index is 262. The SMILES string of the molecule is NCCC1CCCN(C(=O)CCN2CCCC2)C1. The molecular formula is C14H27N3O. The number of carbonyl (C=O) groups excluding carboxylic acids is 1. The van der Waals surface area contributed by atoms with Gasteiger partial charge in [0, 0.05) is 26.1 Å². The fourth-order valence-electron chi connectivity index (χ4n) is 3.18. The molecule has 2 N–H and O–H groups in total. The molecule has 0 radical (unpaired) electrons. The first kappa shape index (κ1) is 13.8. The summed E-state index contributed by atoms with van der Waals surface area (Å²) in [6, 6.07) is 0. The first-order chi connectivity index (χ1) is 8.79. The molecule has 0 aromatic heterocycles. The van der Waals surface area contributed by atoms with Crippen molar-refractivity contribution in [3.63, 3.8) is 0 Å². The van der Waals surface area contributed by atoms with Gasteiger partial charge in [0.15, 0.2) is 0 Å². The Labute approximate surface area is 110 Å². The molecule has 1 amide bonds. The first-order valence-corrected chi connectivity index (χ1v) is 7.50. The summed E-state index contributed by atoms with van der Waals surface area (Å²) >= 11 is 0. The Kier molecular flexibility index (Phi) is 5.45. The van der Waals surface area contributed by atoms with Gasteiger partial charge in [-0.2, -0.15) is 0 Å². The van der Waals surface area contributed by atoms with Crippen LogP contribution < -0.4 is 5.73 Å². The van der Waals surface area contributed by atoms with Crippen LogP contribution in [0.3, 0.4) is 0 Å². The van der Waals surface area contributed by atoms with Crippen molar-refractivity contribution in [1.29, 1.82) is 0 Å². The fraction of sp³-hybridized carbons (Fsp3) is 0.929. The van der Waals surface area contributed by atoms with Crippen LogP contribution in [0.15, 0.2) is 0 Å². The van der Waals surface area contributed by atoms with Crippen LogP contribution in [-0.4, -0.2) is 55.0 Å². The van der Waals surface area contributed by atoms with Gasteiger partial charge in [-0.3, -0.25) is 4.79 Å². The minimum absolute atomic E-state index is 0.351. The fourth-order valence-corrected chi connectivity index (χ4v) is 3.18. The normalized spacial score (nSPS) is 25.6.